The van der Waals surface area contributed by atoms with Crippen LogP contribution >= 0.6 is 0 Å². The van der Waals surface area contributed by atoms with Crippen LogP contribution in [0, 0.1) is 0 Å². The zero-order chi connectivity index (χ0) is 14.7. The van der Waals surface area contributed by atoms with E-state index in [9.17, 15) is 4.79 Å². The maximum Gasteiger partial charge on any atom is 0.153 e. The van der Waals surface area contributed by atoms with E-state index >= 15 is 0 Å². The van der Waals surface area contributed by atoms with E-state index in [-0.39, 0.29) is 0 Å². The summed E-state index contributed by atoms with van der Waals surface area (Å²) in [4.78, 5) is 18.2. The summed E-state index contributed by atoms with van der Waals surface area (Å²) in [5.41, 5.74) is 2.88. The molecule has 0 fully saturated rings. The monoisotopic (exact) mass is 270 g/mol. The molecular formula is C17H22N2O. The summed E-state index contributed by atoms with van der Waals surface area (Å²) >= 11 is 0. The normalized spacial score (nSPS) is 11.1. The van der Waals surface area contributed by atoms with Gasteiger partial charge in [0.1, 0.15) is 5.82 Å². The first-order valence-electron chi connectivity index (χ1n) is 7.25. The Hall–Kier alpha value is -1.90. The fourth-order valence-electron chi connectivity index (χ4n) is 2.42. The van der Waals surface area contributed by atoms with E-state index in [0.29, 0.717) is 11.5 Å². The first-order valence-corrected chi connectivity index (χ1v) is 7.25. The molecule has 20 heavy (non-hydrogen) atoms. The molecule has 1 heterocycles. The van der Waals surface area contributed by atoms with Crippen LogP contribution in [0.5, 0.6) is 0 Å². The highest BCUT2D eigenvalue weighted by atomic mass is 16.1. The number of pyridine rings is 1. The average Bonchev–Trinajstić information content (AvgIpc) is 2.47. The van der Waals surface area contributed by atoms with Crippen LogP contribution in [0.4, 0.5) is 5.82 Å². The number of rotatable bonds is 5. The third kappa shape index (κ3) is 2.67. The largest absolute Gasteiger partial charge is 0.357 e. The van der Waals surface area contributed by atoms with E-state index in [0.717, 1.165) is 36.1 Å². The van der Waals surface area contributed by atoms with Crippen LogP contribution in [0.3, 0.4) is 0 Å². The molecule has 3 heteroatoms. The Kier molecular flexibility index (Phi) is 4.38. The van der Waals surface area contributed by atoms with Gasteiger partial charge in [0.2, 0.25) is 0 Å². The molecule has 0 spiro atoms. The van der Waals surface area contributed by atoms with Gasteiger partial charge >= 0.3 is 0 Å². The Morgan fingerprint density at radius 3 is 2.45 bits per heavy atom. The molecule has 2 rings (SSSR count). The highest BCUT2D eigenvalue weighted by molar-refractivity contribution is 5.92. The lowest BCUT2D eigenvalue weighted by Crippen LogP contribution is -2.24. The second kappa shape index (κ2) is 6.04. The van der Waals surface area contributed by atoms with Crippen molar-refractivity contribution in [3.63, 3.8) is 0 Å². The molecule has 0 atom stereocenters. The maximum absolute atomic E-state index is 11.4. The lowest BCUT2D eigenvalue weighted by molar-refractivity contribution is 0.112. The number of aldehydes is 1. The predicted octanol–water partition coefficient (Wildman–Crippen LogP) is 4.02. The molecule has 0 unspecified atom stereocenters. The second-order valence-corrected chi connectivity index (χ2v) is 5.30. The zero-order valence-electron chi connectivity index (χ0n) is 12.7. The van der Waals surface area contributed by atoms with Crippen molar-refractivity contribution in [3.05, 3.63) is 35.4 Å². The van der Waals surface area contributed by atoms with Gasteiger partial charge in [-0.3, -0.25) is 4.79 Å². The summed E-state index contributed by atoms with van der Waals surface area (Å²) < 4.78 is 0. The van der Waals surface area contributed by atoms with Crippen LogP contribution in [0.25, 0.3) is 10.9 Å². The van der Waals surface area contributed by atoms with Crippen molar-refractivity contribution in [3.8, 4) is 0 Å². The van der Waals surface area contributed by atoms with E-state index in [1.165, 1.54) is 5.56 Å². The first kappa shape index (κ1) is 14.5. The highest BCUT2D eigenvalue weighted by Gasteiger charge is 2.12. The Balaban J connectivity index is 2.62. The standard InChI is InChI=1S/C17H22N2O/c1-5-19(6-2)17-15(11-20)10-14-9-13(12(3)4)7-8-16(14)18-17/h7-12H,5-6H2,1-4H3. The average molecular weight is 270 g/mol. The van der Waals surface area contributed by atoms with E-state index in [1.807, 2.05) is 12.1 Å². The number of benzene rings is 1. The van der Waals surface area contributed by atoms with Crippen molar-refractivity contribution >= 4 is 23.0 Å². The molecule has 0 bridgehead atoms. The number of nitrogens with zero attached hydrogens (tertiary/aromatic N) is 2. The molecule has 0 radical (unpaired) electrons. The fraction of sp³-hybridized carbons (Fsp3) is 0.412. The molecule has 0 N–H and O–H groups in total. The molecule has 1 aromatic heterocycles. The summed E-state index contributed by atoms with van der Waals surface area (Å²) in [5, 5.41) is 1.04. The lowest BCUT2D eigenvalue weighted by Gasteiger charge is -2.22. The molecule has 0 aliphatic heterocycles. The van der Waals surface area contributed by atoms with Crippen LogP contribution in [-0.4, -0.2) is 24.4 Å². The SMILES string of the molecule is CCN(CC)c1nc2ccc(C(C)C)cc2cc1C=O. The van der Waals surface area contributed by atoms with Crippen molar-refractivity contribution in [1.82, 2.24) is 4.98 Å². The lowest BCUT2D eigenvalue weighted by atomic mass is 10.0. The maximum atomic E-state index is 11.4. The third-order valence-electron chi connectivity index (χ3n) is 3.70. The molecule has 0 aliphatic carbocycles. The Bertz CT molecular complexity index is 616. The summed E-state index contributed by atoms with van der Waals surface area (Å²) in [6.07, 6.45) is 0.905. The van der Waals surface area contributed by atoms with Crippen LogP contribution in [-0.2, 0) is 0 Å². The Labute approximate surface area is 120 Å². The Morgan fingerprint density at radius 2 is 1.90 bits per heavy atom. The van der Waals surface area contributed by atoms with Gasteiger partial charge < -0.3 is 4.90 Å². The summed E-state index contributed by atoms with van der Waals surface area (Å²) in [7, 11) is 0. The summed E-state index contributed by atoms with van der Waals surface area (Å²) in [5.74, 6) is 1.26. The number of aromatic nitrogens is 1. The van der Waals surface area contributed by atoms with E-state index in [4.69, 9.17) is 0 Å². The number of carbonyl (C=O) groups is 1. The molecular weight excluding hydrogens is 248 g/mol. The molecule has 2 aromatic rings. The van der Waals surface area contributed by atoms with Gasteiger partial charge in [-0.15, -0.1) is 0 Å². The van der Waals surface area contributed by atoms with Crippen LogP contribution in [0.1, 0.15) is 49.5 Å². The number of hydrogen-bond acceptors (Lipinski definition) is 3. The molecule has 1 aromatic carbocycles. The van der Waals surface area contributed by atoms with Gasteiger partial charge in [-0.05, 0) is 43.5 Å². The molecule has 3 nitrogen and oxygen atoms in total. The van der Waals surface area contributed by atoms with Gasteiger partial charge in [-0.2, -0.15) is 0 Å². The van der Waals surface area contributed by atoms with E-state index < -0.39 is 0 Å². The fourth-order valence-corrected chi connectivity index (χ4v) is 2.42. The number of fused-ring (bicyclic) bond motifs is 1. The van der Waals surface area contributed by atoms with Crippen molar-refractivity contribution in [2.24, 2.45) is 0 Å². The predicted molar refractivity (Wildman–Crippen MR) is 84.8 cm³/mol. The van der Waals surface area contributed by atoms with E-state index in [1.54, 1.807) is 0 Å². The smallest absolute Gasteiger partial charge is 0.153 e. The minimum atomic E-state index is 0.474. The number of carbonyl (C=O) groups excluding carboxylic acids is 1. The van der Waals surface area contributed by atoms with Crippen molar-refractivity contribution in [1.29, 1.82) is 0 Å². The minimum Gasteiger partial charge on any atom is -0.357 e. The van der Waals surface area contributed by atoms with Gasteiger partial charge in [0.05, 0.1) is 11.1 Å². The van der Waals surface area contributed by atoms with Crippen molar-refractivity contribution < 1.29 is 4.79 Å². The third-order valence-corrected chi connectivity index (χ3v) is 3.70. The van der Waals surface area contributed by atoms with Gasteiger partial charge in [0, 0.05) is 18.5 Å². The molecule has 0 amide bonds. The second-order valence-electron chi connectivity index (χ2n) is 5.30. The molecule has 0 saturated carbocycles. The molecule has 0 aliphatic rings. The molecule has 106 valence electrons. The summed E-state index contributed by atoms with van der Waals surface area (Å²) in [6.45, 7) is 10.2. The number of anilines is 1. The topological polar surface area (TPSA) is 33.2 Å². The van der Waals surface area contributed by atoms with Crippen LogP contribution in [0.15, 0.2) is 24.3 Å². The van der Waals surface area contributed by atoms with Crippen molar-refractivity contribution in [2.45, 2.75) is 33.6 Å². The zero-order valence-corrected chi connectivity index (χ0v) is 12.7. The van der Waals surface area contributed by atoms with Crippen LogP contribution in [0.2, 0.25) is 0 Å². The van der Waals surface area contributed by atoms with Gasteiger partial charge in [0.15, 0.2) is 6.29 Å². The van der Waals surface area contributed by atoms with Gasteiger partial charge in [0.25, 0.3) is 0 Å². The van der Waals surface area contributed by atoms with Crippen molar-refractivity contribution in [2.75, 3.05) is 18.0 Å². The van der Waals surface area contributed by atoms with Gasteiger partial charge in [-0.25, -0.2) is 4.98 Å². The van der Waals surface area contributed by atoms with E-state index in [2.05, 4.69) is 49.7 Å². The first-order chi connectivity index (χ1) is 9.60. The quantitative estimate of drug-likeness (QED) is 0.769. The minimum absolute atomic E-state index is 0.474. The van der Waals surface area contributed by atoms with Crippen LogP contribution < -0.4 is 4.90 Å². The number of hydrogen-bond donors (Lipinski definition) is 0. The summed E-state index contributed by atoms with van der Waals surface area (Å²) in [6, 6.07) is 8.25. The highest BCUT2D eigenvalue weighted by Crippen LogP contribution is 2.25. The Morgan fingerprint density at radius 1 is 1.20 bits per heavy atom. The van der Waals surface area contributed by atoms with Gasteiger partial charge in [-0.1, -0.05) is 19.9 Å². The molecule has 0 saturated heterocycles.